The van der Waals surface area contributed by atoms with Crippen molar-refractivity contribution in [3.63, 3.8) is 0 Å². The number of phenols is 2. The topological polar surface area (TPSA) is 43.7 Å². The van der Waals surface area contributed by atoms with Crippen LogP contribution in [0.4, 0.5) is 0 Å². The number of piperidine rings is 1. The van der Waals surface area contributed by atoms with Crippen molar-refractivity contribution >= 4 is 17.0 Å². The van der Waals surface area contributed by atoms with E-state index in [4.69, 9.17) is 0 Å². The number of rotatable bonds is 2. The van der Waals surface area contributed by atoms with Crippen LogP contribution in [0.3, 0.4) is 0 Å². The molecule has 3 nitrogen and oxygen atoms in total. The first-order valence-electron chi connectivity index (χ1n) is 8.55. The van der Waals surface area contributed by atoms with E-state index in [-0.39, 0.29) is 28.5 Å². The summed E-state index contributed by atoms with van der Waals surface area (Å²) in [6.45, 7) is 2.15. The molecule has 0 aromatic heterocycles. The molecule has 0 amide bonds. The number of halogens is 1. The zero-order valence-electron chi connectivity index (χ0n) is 13.7. The molecular formula is C20H24BrNO2. The fourth-order valence-electron chi connectivity index (χ4n) is 4.43. The molecule has 4 heteroatoms. The summed E-state index contributed by atoms with van der Waals surface area (Å²) >= 11 is 0. The molecule has 2 atom stereocenters. The molecule has 24 heavy (non-hydrogen) atoms. The van der Waals surface area contributed by atoms with Gasteiger partial charge in [0, 0.05) is 18.2 Å². The van der Waals surface area contributed by atoms with E-state index in [1.165, 1.54) is 24.0 Å². The molecular weight excluding hydrogens is 366 g/mol. The van der Waals surface area contributed by atoms with Crippen LogP contribution in [0.15, 0.2) is 42.5 Å². The smallest absolute Gasteiger partial charge is 0.160 e. The Morgan fingerprint density at radius 1 is 1.00 bits per heavy atom. The fourth-order valence-corrected chi connectivity index (χ4v) is 4.43. The Hall–Kier alpha value is -1.52. The zero-order valence-corrected chi connectivity index (χ0v) is 15.4. The maximum absolute atomic E-state index is 10.2. The van der Waals surface area contributed by atoms with Crippen molar-refractivity contribution in [2.24, 2.45) is 0 Å². The van der Waals surface area contributed by atoms with Crippen molar-refractivity contribution in [2.75, 3.05) is 6.54 Å². The average Bonchev–Trinajstić information content (AvgIpc) is 2.59. The molecule has 2 N–H and O–H groups in total. The van der Waals surface area contributed by atoms with E-state index >= 15 is 0 Å². The second kappa shape index (κ2) is 7.16. The van der Waals surface area contributed by atoms with Gasteiger partial charge in [0.2, 0.25) is 0 Å². The highest BCUT2D eigenvalue weighted by Crippen LogP contribution is 2.45. The van der Waals surface area contributed by atoms with Crippen LogP contribution in [-0.2, 0) is 13.0 Å². The summed E-state index contributed by atoms with van der Waals surface area (Å²) in [7, 11) is 0. The van der Waals surface area contributed by atoms with Gasteiger partial charge < -0.3 is 10.2 Å². The minimum atomic E-state index is 0. The van der Waals surface area contributed by atoms with Gasteiger partial charge in [0.1, 0.15) is 0 Å². The summed E-state index contributed by atoms with van der Waals surface area (Å²) < 4.78 is 0. The lowest BCUT2D eigenvalue weighted by Crippen LogP contribution is -2.45. The molecule has 0 spiro atoms. The number of phenolic OH excluding ortho intramolecular Hbond substituents is 2. The van der Waals surface area contributed by atoms with Gasteiger partial charge in [-0.25, -0.2) is 0 Å². The van der Waals surface area contributed by atoms with Crippen LogP contribution < -0.4 is 0 Å². The predicted octanol–water partition coefficient (Wildman–Crippen LogP) is 4.37. The number of hydrogen-bond acceptors (Lipinski definition) is 3. The van der Waals surface area contributed by atoms with Gasteiger partial charge in [-0.3, -0.25) is 4.90 Å². The molecule has 1 heterocycles. The predicted molar refractivity (Wildman–Crippen MR) is 101 cm³/mol. The lowest BCUT2D eigenvalue weighted by atomic mass is 9.74. The second-order valence-corrected chi connectivity index (χ2v) is 6.81. The molecule has 1 saturated heterocycles. The number of aromatic hydroxyl groups is 2. The van der Waals surface area contributed by atoms with Crippen LogP contribution in [0.5, 0.6) is 11.5 Å². The average molecular weight is 390 g/mol. The van der Waals surface area contributed by atoms with E-state index in [0.717, 1.165) is 31.5 Å². The van der Waals surface area contributed by atoms with Crippen molar-refractivity contribution in [1.82, 2.24) is 4.90 Å². The molecule has 2 aromatic rings. The van der Waals surface area contributed by atoms with Crippen molar-refractivity contribution < 1.29 is 10.2 Å². The molecule has 1 fully saturated rings. The lowest BCUT2D eigenvalue weighted by Gasteiger charge is -2.45. The first-order chi connectivity index (χ1) is 11.2. The van der Waals surface area contributed by atoms with Gasteiger partial charge in [-0.15, -0.1) is 17.0 Å². The molecule has 0 unspecified atom stereocenters. The Labute approximate surface area is 153 Å². The van der Waals surface area contributed by atoms with Crippen molar-refractivity contribution in [3.05, 3.63) is 59.2 Å². The molecule has 0 radical (unpaired) electrons. The molecule has 0 saturated carbocycles. The van der Waals surface area contributed by atoms with Crippen molar-refractivity contribution in [3.8, 4) is 11.5 Å². The Balaban J connectivity index is 0.00000169. The van der Waals surface area contributed by atoms with Gasteiger partial charge in [-0.2, -0.15) is 0 Å². The van der Waals surface area contributed by atoms with Crippen LogP contribution >= 0.6 is 17.0 Å². The first-order valence-corrected chi connectivity index (χ1v) is 8.55. The SMILES string of the molecule is Br.Oc1ccc2c(c1O)CC[C@@H]1[C@@H]2CCCN1Cc1ccccc1. The van der Waals surface area contributed by atoms with Gasteiger partial charge in [0.15, 0.2) is 11.5 Å². The van der Waals surface area contributed by atoms with E-state index in [1.807, 2.05) is 6.07 Å². The maximum atomic E-state index is 10.2. The van der Waals surface area contributed by atoms with Crippen molar-refractivity contribution in [1.29, 1.82) is 0 Å². The maximum Gasteiger partial charge on any atom is 0.160 e. The summed E-state index contributed by atoms with van der Waals surface area (Å²) in [5.41, 5.74) is 3.58. The summed E-state index contributed by atoms with van der Waals surface area (Å²) in [6, 6.07) is 14.9. The molecule has 128 valence electrons. The Bertz CT molecular complexity index is 704. The summed E-state index contributed by atoms with van der Waals surface area (Å²) in [5, 5.41) is 19.9. The highest BCUT2D eigenvalue weighted by atomic mass is 79.9. The zero-order chi connectivity index (χ0) is 15.8. The van der Waals surface area contributed by atoms with E-state index in [2.05, 4.69) is 35.2 Å². The largest absolute Gasteiger partial charge is 0.504 e. The highest BCUT2D eigenvalue weighted by molar-refractivity contribution is 8.93. The normalized spacial score (nSPS) is 23.0. The summed E-state index contributed by atoms with van der Waals surface area (Å²) in [6.07, 6.45) is 4.27. The number of benzene rings is 2. The van der Waals surface area contributed by atoms with Crippen LogP contribution in [0.2, 0.25) is 0 Å². The van der Waals surface area contributed by atoms with Crippen LogP contribution in [-0.4, -0.2) is 27.7 Å². The van der Waals surface area contributed by atoms with Gasteiger partial charge in [-0.1, -0.05) is 36.4 Å². The Kier molecular flexibility index (Phi) is 5.16. The van der Waals surface area contributed by atoms with Crippen LogP contribution in [0, 0.1) is 0 Å². The second-order valence-electron chi connectivity index (χ2n) is 6.81. The third kappa shape index (κ3) is 3.05. The molecule has 4 rings (SSSR count). The third-order valence-corrected chi connectivity index (χ3v) is 5.51. The third-order valence-electron chi connectivity index (χ3n) is 5.51. The Morgan fingerprint density at radius 2 is 1.79 bits per heavy atom. The highest BCUT2D eigenvalue weighted by Gasteiger charge is 2.37. The summed E-state index contributed by atoms with van der Waals surface area (Å²) in [5.74, 6) is 0.586. The molecule has 0 bridgehead atoms. The van der Waals surface area contributed by atoms with E-state index in [0.29, 0.717) is 12.0 Å². The molecule has 1 aliphatic heterocycles. The van der Waals surface area contributed by atoms with E-state index < -0.39 is 0 Å². The quantitative estimate of drug-likeness (QED) is 0.749. The standard InChI is InChI=1S/C20H23NO2.BrH/c22-19-11-9-15-16-7-4-12-21(13-14-5-2-1-3-6-14)18(16)10-8-17(15)20(19)23;/h1-3,5-6,9,11,16,18,22-23H,4,7-8,10,12-13H2;1H/t16-,18-;/m1./s1. The van der Waals surface area contributed by atoms with Crippen molar-refractivity contribution in [2.45, 2.75) is 44.2 Å². The number of hydrogen-bond donors (Lipinski definition) is 2. The molecule has 1 aliphatic carbocycles. The van der Waals surface area contributed by atoms with E-state index in [1.54, 1.807) is 6.07 Å². The number of likely N-dealkylation sites (tertiary alicyclic amines) is 1. The van der Waals surface area contributed by atoms with Crippen LogP contribution in [0.25, 0.3) is 0 Å². The fraction of sp³-hybridized carbons (Fsp3) is 0.400. The van der Waals surface area contributed by atoms with Gasteiger partial charge >= 0.3 is 0 Å². The minimum Gasteiger partial charge on any atom is -0.504 e. The monoisotopic (exact) mass is 389 g/mol. The van der Waals surface area contributed by atoms with Crippen LogP contribution in [0.1, 0.15) is 41.9 Å². The summed E-state index contributed by atoms with van der Waals surface area (Å²) in [4.78, 5) is 2.61. The first kappa shape index (κ1) is 17.3. The number of fused-ring (bicyclic) bond motifs is 3. The van der Waals surface area contributed by atoms with Gasteiger partial charge in [0.05, 0.1) is 0 Å². The lowest BCUT2D eigenvalue weighted by molar-refractivity contribution is 0.104. The Morgan fingerprint density at radius 3 is 2.58 bits per heavy atom. The van der Waals surface area contributed by atoms with Gasteiger partial charge in [0.25, 0.3) is 0 Å². The van der Waals surface area contributed by atoms with Gasteiger partial charge in [-0.05, 0) is 55.3 Å². The molecule has 2 aromatic carbocycles. The minimum absolute atomic E-state index is 0. The van der Waals surface area contributed by atoms with E-state index in [9.17, 15) is 10.2 Å². The molecule has 2 aliphatic rings. The number of nitrogens with zero attached hydrogens (tertiary/aromatic N) is 1.